The van der Waals surface area contributed by atoms with E-state index in [0.29, 0.717) is 53.3 Å². The summed E-state index contributed by atoms with van der Waals surface area (Å²) in [6, 6.07) is 8.34. The van der Waals surface area contributed by atoms with Crippen LogP contribution in [0.2, 0.25) is 0 Å². The van der Waals surface area contributed by atoms with Crippen LogP contribution in [0.4, 0.5) is 14.0 Å². The van der Waals surface area contributed by atoms with Gasteiger partial charge in [-0.1, -0.05) is 32.3 Å². The lowest BCUT2D eigenvalue weighted by Gasteiger charge is -2.35. The first-order valence-electron chi connectivity index (χ1n) is 18.3. The zero-order valence-corrected chi connectivity index (χ0v) is 31.6. The normalized spacial score (nSPS) is 18.7. The van der Waals surface area contributed by atoms with Crippen LogP contribution in [0.25, 0.3) is 22.3 Å². The number of nitrogens with zero attached hydrogens (tertiary/aromatic N) is 4. The van der Waals surface area contributed by atoms with E-state index < -0.39 is 36.3 Å². The lowest BCUT2D eigenvalue weighted by molar-refractivity contribution is -0.133. The number of likely N-dealkylation sites (tertiary alicyclic amines) is 2. The second-order valence-electron chi connectivity index (χ2n) is 14.3. The van der Waals surface area contributed by atoms with Gasteiger partial charge < -0.3 is 40.1 Å². The molecular weight excluding hydrogens is 707 g/mol. The Balaban J connectivity index is 1.15. The number of H-pyrrole nitrogens is 2. The van der Waals surface area contributed by atoms with Gasteiger partial charge in [-0.2, -0.15) is 0 Å². The number of nitrogens with one attached hydrogen (secondary N) is 4. The average molecular weight is 755 g/mol. The molecule has 55 heavy (non-hydrogen) atoms. The van der Waals surface area contributed by atoms with Crippen molar-refractivity contribution < 1.29 is 33.4 Å². The van der Waals surface area contributed by atoms with Gasteiger partial charge in [-0.25, -0.2) is 23.9 Å². The van der Waals surface area contributed by atoms with Crippen molar-refractivity contribution in [1.82, 2.24) is 40.4 Å². The van der Waals surface area contributed by atoms with Crippen LogP contribution >= 0.6 is 0 Å². The number of aromatic amines is 2. The Morgan fingerprint density at radius 1 is 0.964 bits per heavy atom. The van der Waals surface area contributed by atoms with Gasteiger partial charge in [0, 0.05) is 29.8 Å². The molecule has 0 saturated carbocycles. The Labute approximate surface area is 318 Å². The van der Waals surface area contributed by atoms with Crippen LogP contribution < -0.4 is 10.6 Å². The fourth-order valence-electron chi connectivity index (χ4n) is 7.30. The molecule has 0 spiro atoms. The van der Waals surface area contributed by atoms with Crippen molar-refractivity contribution in [3.63, 3.8) is 0 Å². The molecule has 3 amide bonds. The standard InChI is InChI=1S/C40H47FN8O6/c1-22(2)33(46-39(52)54-5)37(50)48-17-7-9-31(48)35-42-21-30(45-35)26-15-13-24(19-27(26)41)11-12-25-14-16-28-29(20-25)44-36(43-28)32-10-8-18-49(32)38(51)34(23(3)4)47-40(53)55-6/h13-16,19-21,23,31-34,38,51H,1,7-10,17-18H2,2-6H3,(H,42,45)(H,43,44)(H,46,52)(H,47,53). The molecule has 0 aliphatic carbocycles. The number of halogens is 1. The van der Waals surface area contributed by atoms with Gasteiger partial charge in [0.25, 0.3) is 0 Å². The van der Waals surface area contributed by atoms with E-state index in [0.717, 1.165) is 36.1 Å². The summed E-state index contributed by atoms with van der Waals surface area (Å²) in [6.45, 7) is 10.5. The Morgan fingerprint density at radius 3 is 2.33 bits per heavy atom. The zero-order chi connectivity index (χ0) is 39.4. The number of fused-ring (bicyclic) bond motifs is 1. The number of aliphatic hydroxyl groups is 1. The van der Waals surface area contributed by atoms with E-state index in [1.54, 1.807) is 30.2 Å². The number of hydrogen-bond donors (Lipinski definition) is 5. The Bertz CT molecular complexity index is 2140. The quantitative estimate of drug-likeness (QED) is 0.106. The number of carbonyl (C=O) groups is 3. The number of aromatic nitrogens is 4. The third-order valence-electron chi connectivity index (χ3n) is 10.2. The number of rotatable bonds is 10. The predicted octanol–water partition coefficient (Wildman–Crippen LogP) is 5.29. The molecule has 5 N–H and O–H groups in total. The number of alkyl carbamates (subject to hydrolysis) is 2. The summed E-state index contributed by atoms with van der Waals surface area (Å²) < 4.78 is 25.0. The molecular formula is C40H47FN8O6. The van der Waals surface area contributed by atoms with Gasteiger partial charge >= 0.3 is 12.2 Å². The minimum absolute atomic E-state index is 0.0395. The van der Waals surface area contributed by atoms with Crippen LogP contribution in [-0.2, 0) is 14.3 Å². The maximum Gasteiger partial charge on any atom is 0.407 e. The first-order chi connectivity index (χ1) is 26.4. The maximum atomic E-state index is 15.5. The molecule has 2 aliphatic rings. The van der Waals surface area contributed by atoms with Gasteiger partial charge in [0.1, 0.15) is 29.7 Å². The highest BCUT2D eigenvalue weighted by molar-refractivity contribution is 5.89. The molecule has 2 aromatic heterocycles. The highest BCUT2D eigenvalue weighted by Gasteiger charge is 2.39. The molecule has 6 rings (SSSR count). The van der Waals surface area contributed by atoms with Crippen LogP contribution in [0.1, 0.15) is 81.3 Å². The largest absolute Gasteiger partial charge is 0.453 e. The van der Waals surface area contributed by atoms with Gasteiger partial charge in [-0.05, 0) is 80.5 Å². The molecule has 290 valence electrons. The lowest BCUT2D eigenvalue weighted by Crippen LogP contribution is -2.54. The number of amides is 3. The van der Waals surface area contributed by atoms with Gasteiger partial charge in [0.2, 0.25) is 5.91 Å². The molecule has 2 saturated heterocycles. The number of methoxy groups -OCH3 is 2. The molecule has 14 nitrogen and oxygen atoms in total. The van der Waals surface area contributed by atoms with Crippen molar-refractivity contribution in [2.75, 3.05) is 27.3 Å². The first-order valence-corrected chi connectivity index (χ1v) is 18.3. The van der Waals surface area contributed by atoms with Crippen molar-refractivity contribution >= 4 is 29.1 Å². The van der Waals surface area contributed by atoms with Gasteiger partial charge in [-0.3, -0.25) is 9.69 Å². The number of benzene rings is 2. The number of imidazole rings is 2. The highest BCUT2D eigenvalue weighted by Crippen LogP contribution is 2.35. The van der Waals surface area contributed by atoms with Gasteiger partial charge in [0.15, 0.2) is 0 Å². The Kier molecular flexibility index (Phi) is 11.9. The minimum atomic E-state index is -0.947. The van der Waals surface area contributed by atoms with E-state index >= 15 is 4.39 Å². The van der Waals surface area contributed by atoms with Gasteiger partial charge in [0.05, 0.1) is 55.3 Å². The number of carbonyl (C=O) groups excluding carboxylic acids is 3. The van der Waals surface area contributed by atoms with Gasteiger partial charge in [-0.15, -0.1) is 0 Å². The van der Waals surface area contributed by atoms with E-state index in [2.05, 4.69) is 48.7 Å². The van der Waals surface area contributed by atoms with E-state index in [1.165, 1.54) is 20.3 Å². The summed E-state index contributed by atoms with van der Waals surface area (Å²) in [6.07, 6.45) is 2.34. The second kappa shape index (κ2) is 16.7. The Hall–Kier alpha value is -5.72. The van der Waals surface area contributed by atoms with Crippen molar-refractivity contribution in [2.24, 2.45) is 5.92 Å². The summed E-state index contributed by atoms with van der Waals surface area (Å²) in [4.78, 5) is 56.8. The summed E-state index contributed by atoms with van der Waals surface area (Å²) in [5.41, 5.74) is 3.97. The molecule has 15 heteroatoms. The first kappa shape index (κ1) is 39.0. The summed E-state index contributed by atoms with van der Waals surface area (Å²) in [5, 5.41) is 16.6. The van der Waals surface area contributed by atoms with Crippen molar-refractivity contribution in [3.8, 4) is 23.1 Å². The fourth-order valence-corrected chi connectivity index (χ4v) is 7.30. The smallest absolute Gasteiger partial charge is 0.407 e. The molecule has 0 radical (unpaired) electrons. The Morgan fingerprint density at radius 2 is 1.64 bits per heavy atom. The molecule has 2 fully saturated rings. The number of hydrogen-bond acceptors (Lipinski definition) is 9. The molecule has 2 aromatic carbocycles. The van der Waals surface area contributed by atoms with Crippen molar-refractivity contribution in [1.29, 1.82) is 0 Å². The van der Waals surface area contributed by atoms with Crippen molar-refractivity contribution in [2.45, 2.75) is 76.8 Å². The van der Waals surface area contributed by atoms with Crippen LogP contribution in [0.5, 0.6) is 0 Å². The van der Waals surface area contributed by atoms with E-state index in [4.69, 9.17) is 9.72 Å². The zero-order valence-electron chi connectivity index (χ0n) is 31.6. The molecule has 0 bridgehead atoms. The monoisotopic (exact) mass is 754 g/mol. The van der Waals surface area contributed by atoms with E-state index in [1.807, 2.05) is 36.9 Å². The van der Waals surface area contributed by atoms with Crippen molar-refractivity contribution in [3.05, 3.63) is 83.3 Å². The lowest BCUT2D eigenvalue weighted by atomic mass is 10.0. The van der Waals surface area contributed by atoms with Crippen LogP contribution in [0.3, 0.4) is 0 Å². The predicted molar refractivity (Wildman–Crippen MR) is 203 cm³/mol. The second-order valence-corrected chi connectivity index (χ2v) is 14.3. The van der Waals surface area contributed by atoms with Crippen LogP contribution in [0, 0.1) is 23.6 Å². The molecule has 4 aromatic rings. The average Bonchev–Trinajstić information content (AvgIpc) is 4.00. The SMILES string of the molecule is C=C(C)C(NC(=O)OC)C(=O)N1CCCC1c1ncc(-c2ccc(C#Cc3ccc4nc(C5CCCN5C(O)C(NC(=O)OC)C(C)C)[nH]c4c3)cc2F)[nH]1. The van der Waals surface area contributed by atoms with Crippen LogP contribution in [0.15, 0.2) is 54.7 Å². The summed E-state index contributed by atoms with van der Waals surface area (Å²) in [5.74, 6) is 6.57. The van der Waals surface area contributed by atoms with E-state index in [9.17, 15) is 19.5 Å². The number of ether oxygens (including phenoxy) is 2. The number of aliphatic hydroxyl groups excluding tert-OH is 1. The topological polar surface area (TPSA) is 178 Å². The highest BCUT2D eigenvalue weighted by atomic mass is 19.1. The minimum Gasteiger partial charge on any atom is -0.453 e. The summed E-state index contributed by atoms with van der Waals surface area (Å²) in [7, 11) is 2.52. The molecule has 5 unspecified atom stereocenters. The molecule has 4 heterocycles. The third kappa shape index (κ3) is 8.50. The van der Waals surface area contributed by atoms with E-state index in [-0.39, 0.29) is 23.9 Å². The molecule has 2 aliphatic heterocycles. The third-order valence-corrected chi connectivity index (χ3v) is 10.2. The summed E-state index contributed by atoms with van der Waals surface area (Å²) >= 11 is 0. The molecule has 5 atom stereocenters. The fraction of sp³-hybridized carbons (Fsp3) is 0.425. The van der Waals surface area contributed by atoms with Crippen LogP contribution in [-0.4, -0.2) is 98.6 Å². The maximum absolute atomic E-state index is 15.5.